The molecule has 0 fully saturated rings. The highest BCUT2D eigenvalue weighted by molar-refractivity contribution is 7.89. The van der Waals surface area contributed by atoms with Gasteiger partial charge in [0.1, 0.15) is 0 Å². The molecule has 0 atom stereocenters. The molecular formula is C19H19NO3S. The first-order valence-corrected chi connectivity index (χ1v) is 9.51. The van der Waals surface area contributed by atoms with Gasteiger partial charge in [0.25, 0.3) is 0 Å². The third-order valence-electron chi connectivity index (χ3n) is 3.62. The van der Waals surface area contributed by atoms with Gasteiger partial charge < -0.3 is 9.73 Å². The van der Waals surface area contributed by atoms with Gasteiger partial charge in [-0.05, 0) is 29.3 Å². The molecule has 0 unspecified atom stereocenters. The molecule has 0 saturated carbocycles. The Labute approximate surface area is 142 Å². The van der Waals surface area contributed by atoms with Gasteiger partial charge in [0.15, 0.2) is 9.84 Å². The molecule has 5 heteroatoms. The second-order valence-electron chi connectivity index (χ2n) is 5.70. The number of hydrogen-bond acceptors (Lipinski definition) is 4. The van der Waals surface area contributed by atoms with Crippen molar-refractivity contribution < 1.29 is 12.8 Å². The van der Waals surface area contributed by atoms with Gasteiger partial charge in [-0.25, -0.2) is 8.42 Å². The smallest absolute Gasteiger partial charge is 0.158 e. The van der Waals surface area contributed by atoms with Crippen LogP contribution in [-0.4, -0.2) is 8.42 Å². The summed E-state index contributed by atoms with van der Waals surface area (Å²) in [6.07, 6.45) is 3.31. The van der Waals surface area contributed by atoms with E-state index in [4.69, 9.17) is 4.42 Å². The van der Waals surface area contributed by atoms with E-state index >= 15 is 0 Å². The molecule has 3 rings (SSSR count). The summed E-state index contributed by atoms with van der Waals surface area (Å²) in [6, 6.07) is 18.6. The Morgan fingerprint density at radius 3 is 2.33 bits per heavy atom. The Morgan fingerprint density at radius 1 is 0.833 bits per heavy atom. The van der Waals surface area contributed by atoms with Gasteiger partial charge in [-0.3, -0.25) is 0 Å². The van der Waals surface area contributed by atoms with Crippen LogP contribution in [0, 0.1) is 0 Å². The Morgan fingerprint density at radius 2 is 1.58 bits per heavy atom. The minimum atomic E-state index is -3.21. The standard InChI is InChI=1S/C19H19NO3S/c21-24(22,14-16-5-2-1-3-6-16)15-17-7-4-8-19(11-17)20-12-18-9-10-23-13-18/h1-11,13,20H,12,14-15H2. The zero-order valence-corrected chi connectivity index (χ0v) is 14.0. The molecule has 24 heavy (non-hydrogen) atoms. The number of anilines is 1. The lowest BCUT2D eigenvalue weighted by Gasteiger charge is -2.08. The number of rotatable bonds is 7. The monoisotopic (exact) mass is 341 g/mol. The summed E-state index contributed by atoms with van der Waals surface area (Å²) in [7, 11) is -3.21. The molecular weight excluding hydrogens is 322 g/mol. The summed E-state index contributed by atoms with van der Waals surface area (Å²) in [4.78, 5) is 0. The summed E-state index contributed by atoms with van der Waals surface area (Å²) >= 11 is 0. The highest BCUT2D eigenvalue weighted by Gasteiger charge is 2.13. The highest BCUT2D eigenvalue weighted by atomic mass is 32.2. The van der Waals surface area contributed by atoms with E-state index in [0.717, 1.165) is 22.4 Å². The summed E-state index contributed by atoms with van der Waals surface area (Å²) in [5, 5.41) is 3.27. The molecule has 0 spiro atoms. The van der Waals surface area contributed by atoms with Gasteiger partial charge in [-0.2, -0.15) is 0 Å². The van der Waals surface area contributed by atoms with Crippen LogP contribution >= 0.6 is 0 Å². The number of hydrogen-bond donors (Lipinski definition) is 1. The topological polar surface area (TPSA) is 59.3 Å². The molecule has 0 aliphatic rings. The number of nitrogens with one attached hydrogen (secondary N) is 1. The van der Waals surface area contributed by atoms with E-state index < -0.39 is 9.84 Å². The predicted octanol–water partition coefficient (Wildman–Crippen LogP) is 4.01. The van der Waals surface area contributed by atoms with Crippen LogP contribution < -0.4 is 5.32 Å². The van der Waals surface area contributed by atoms with Crippen LogP contribution in [0.3, 0.4) is 0 Å². The Bertz CT molecular complexity index is 872. The molecule has 0 bridgehead atoms. The van der Waals surface area contributed by atoms with Gasteiger partial charge in [0.2, 0.25) is 0 Å². The number of benzene rings is 2. The number of furan rings is 1. The molecule has 124 valence electrons. The quantitative estimate of drug-likeness (QED) is 0.705. The van der Waals surface area contributed by atoms with E-state index in [-0.39, 0.29) is 11.5 Å². The van der Waals surface area contributed by atoms with Crippen molar-refractivity contribution in [2.24, 2.45) is 0 Å². The van der Waals surface area contributed by atoms with Crippen molar-refractivity contribution in [3.05, 3.63) is 89.9 Å². The fourth-order valence-electron chi connectivity index (χ4n) is 2.50. The molecule has 0 radical (unpaired) electrons. The third kappa shape index (κ3) is 4.73. The minimum absolute atomic E-state index is 0.0309. The lowest BCUT2D eigenvalue weighted by Crippen LogP contribution is -2.08. The summed E-state index contributed by atoms with van der Waals surface area (Å²) in [6.45, 7) is 0.636. The van der Waals surface area contributed by atoms with E-state index in [1.807, 2.05) is 60.7 Å². The molecule has 0 aliphatic carbocycles. The molecule has 0 saturated heterocycles. The van der Waals surface area contributed by atoms with Crippen LogP contribution in [0.1, 0.15) is 16.7 Å². The van der Waals surface area contributed by atoms with E-state index in [9.17, 15) is 8.42 Å². The molecule has 3 aromatic rings. The van der Waals surface area contributed by atoms with E-state index in [1.54, 1.807) is 12.5 Å². The minimum Gasteiger partial charge on any atom is -0.472 e. The van der Waals surface area contributed by atoms with Crippen molar-refractivity contribution in [1.29, 1.82) is 0 Å². The summed E-state index contributed by atoms with van der Waals surface area (Å²) in [5.41, 5.74) is 3.52. The molecule has 1 aromatic heterocycles. The zero-order valence-electron chi connectivity index (χ0n) is 13.2. The second kappa shape index (κ2) is 7.36. The van der Waals surface area contributed by atoms with Gasteiger partial charge in [0.05, 0.1) is 24.0 Å². The highest BCUT2D eigenvalue weighted by Crippen LogP contribution is 2.17. The van der Waals surface area contributed by atoms with E-state index in [0.29, 0.717) is 6.54 Å². The molecule has 2 aromatic carbocycles. The first-order valence-electron chi connectivity index (χ1n) is 7.69. The predicted molar refractivity (Wildman–Crippen MR) is 95.2 cm³/mol. The van der Waals surface area contributed by atoms with Gasteiger partial charge >= 0.3 is 0 Å². The Hall–Kier alpha value is -2.53. The molecule has 1 heterocycles. The van der Waals surface area contributed by atoms with Crippen molar-refractivity contribution >= 4 is 15.5 Å². The maximum atomic E-state index is 12.4. The molecule has 1 N–H and O–H groups in total. The number of sulfone groups is 1. The fourth-order valence-corrected chi connectivity index (χ4v) is 3.99. The van der Waals surface area contributed by atoms with Crippen molar-refractivity contribution in [2.45, 2.75) is 18.1 Å². The molecule has 4 nitrogen and oxygen atoms in total. The van der Waals surface area contributed by atoms with Crippen molar-refractivity contribution in [3.8, 4) is 0 Å². The molecule has 0 amide bonds. The van der Waals surface area contributed by atoms with Crippen molar-refractivity contribution in [3.63, 3.8) is 0 Å². The third-order valence-corrected chi connectivity index (χ3v) is 5.17. The normalized spacial score (nSPS) is 11.3. The van der Waals surface area contributed by atoms with Crippen LogP contribution in [0.15, 0.2) is 77.6 Å². The maximum Gasteiger partial charge on any atom is 0.158 e. The van der Waals surface area contributed by atoms with Crippen molar-refractivity contribution in [2.75, 3.05) is 5.32 Å². The first kappa shape index (κ1) is 16.3. The summed E-state index contributed by atoms with van der Waals surface area (Å²) in [5.74, 6) is 0.0869. The lowest BCUT2D eigenvalue weighted by atomic mass is 10.2. The average molecular weight is 341 g/mol. The van der Waals surface area contributed by atoms with Crippen LogP contribution in [0.4, 0.5) is 5.69 Å². The lowest BCUT2D eigenvalue weighted by molar-refractivity contribution is 0.564. The maximum absolute atomic E-state index is 12.4. The second-order valence-corrected chi connectivity index (χ2v) is 7.77. The van der Waals surface area contributed by atoms with Gasteiger partial charge in [-0.15, -0.1) is 0 Å². The van der Waals surface area contributed by atoms with Gasteiger partial charge in [0, 0.05) is 17.8 Å². The van der Waals surface area contributed by atoms with E-state index in [2.05, 4.69) is 5.32 Å². The van der Waals surface area contributed by atoms with Crippen LogP contribution in [0.5, 0.6) is 0 Å². The fraction of sp³-hybridized carbons (Fsp3) is 0.158. The molecule has 0 aliphatic heterocycles. The van der Waals surface area contributed by atoms with E-state index in [1.165, 1.54) is 0 Å². The van der Waals surface area contributed by atoms with Crippen LogP contribution in [0.25, 0.3) is 0 Å². The zero-order chi connectivity index (χ0) is 16.8. The Kier molecular flexibility index (Phi) is 5.01. The average Bonchev–Trinajstić information content (AvgIpc) is 3.07. The van der Waals surface area contributed by atoms with Crippen molar-refractivity contribution in [1.82, 2.24) is 0 Å². The van der Waals surface area contributed by atoms with Crippen LogP contribution in [0.2, 0.25) is 0 Å². The van der Waals surface area contributed by atoms with Crippen LogP contribution in [-0.2, 0) is 27.9 Å². The largest absolute Gasteiger partial charge is 0.472 e. The van der Waals surface area contributed by atoms with Gasteiger partial charge in [-0.1, -0.05) is 42.5 Å². The summed E-state index contributed by atoms with van der Waals surface area (Å²) < 4.78 is 29.8. The Balaban J connectivity index is 1.65. The first-order chi connectivity index (χ1) is 11.6. The SMILES string of the molecule is O=S(=O)(Cc1ccccc1)Cc1cccc(NCc2ccoc2)c1.